The predicted octanol–water partition coefficient (Wildman–Crippen LogP) is 11.7. The van der Waals surface area contributed by atoms with Crippen LogP contribution in [0.25, 0.3) is 0 Å². The second-order valence-electron chi connectivity index (χ2n) is 13.6. The number of carbonyl (C=O) groups excluding carboxylic acids is 1. The van der Waals surface area contributed by atoms with Gasteiger partial charge in [-0.1, -0.05) is 156 Å². The first kappa shape index (κ1) is 53.4. The maximum absolute atomic E-state index is 12.5. The highest BCUT2D eigenvalue weighted by molar-refractivity contribution is 7.47. The molecule has 10 heteroatoms. The van der Waals surface area contributed by atoms with Gasteiger partial charge in [0.15, 0.2) is 0 Å². The summed E-state index contributed by atoms with van der Waals surface area (Å²) in [6.45, 7) is 3.14. The highest BCUT2D eigenvalue weighted by Gasteiger charge is 2.26. The predicted molar refractivity (Wildman–Crippen MR) is 232 cm³/mol. The van der Waals surface area contributed by atoms with Gasteiger partial charge in [0, 0.05) is 13.0 Å². The first-order valence-corrected chi connectivity index (χ1v) is 22.7. The molecule has 0 heterocycles. The van der Waals surface area contributed by atoms with Crippen LogP contribution in [0.4, 0.5) is 0 Å². The first-order chi connectivity index (χ1) is 27.3. The number of rotatable bonds is 39. The summed E-state index contributed by atoms with van der Waals surface area (Å²) in [6.07, 6.45) is 52.5. The van der Waals surface area contributed by atoms with Crippen molar-refractivity contribution >= 4 is 13.8 Å². The molecule has 56 heavy (non-hydrogen) atoms. The number of unbranched alkanes of at least 4 members (excludes halogenated alkanes) is 9. The van der Waals surface area contributed by atoms with E-state index >= 15 is 0 Å². The average molecular weight is 805 g/mol. The number of hydrogen-bond donors (Lipinski definition) is 3. The highest BCUT2D eigenvalue weighted by atomic mass is 31.2. The zero-order chi connectivity index (χ0) is 41.1. The van der Waals surface area contributed by atoms with Crippen molar-refractivity contribution in [3.05, 3.63) is 97.2 Å². The standard InChI is InChI=1S/C46H77O9P/c1-3-5-7-9-11-13-15-17-18-19-20-21-22-23-24-25-27-29-31-33-35-37-39-52-42-45(43-54-56(50,51)53-41-44(48)40-47)55-46(49)38-36-34-32-30-28-26-16-14-12-10-8-6-4-2/h5-8,11-14,17-18,20-21,26,28,32,34,44-45,47-48H,3-4,9-10,15-16,19,22-25,27,29-31,33,35-43H2,1-2H3,(H,50,51)/b7-5-,8-6-,13-11-,14-12-,18-17-,21-20-,28-26-,34-32-. The molecule has 0 aromatic heterocycles. The van der Waals surface area contributed by atoms with Gasteiger partial charge >= 0.3 is 13.8 Å². The molecule has 0 bridgehead atoms. The minimum absolute atomic E-state index is 0.00981. The lowest BCUT2D eigenvalue weighted by atomic mass is 10.1. The summed E-state index contributed by atoms with van der Waals surface area (Å²) in [7, 11) is -4.54. The van der Waals surface area contributed by atoms with Crippen LogP contribution < -0.4 is 0 Å². The van der Waals surface area contributed by atoms with Crippen LogP contribution >= 0.6 is 7.82 Å². The molecule has 3 atom stereocenters. The Balaban J connectivity index is 4.23. The van der Waals surface area contributed by atoms with E-state index in [0.717, 1.165) is 77.0 Å². The van der Waals surface area contributed by atoms with Gasteiger partial charge < -0.3 is 24.6 Å². The number of carbonyl (C=O) groups is 1. The monoisotopic (exact) mass is 805 g/mol. The number of phosphoric ester groups is 1. The van der Waals surface area contributed by atoms with E-state index in [1.54, 1.807) is 0 Å². The van der Waals surface area contributed by atoms with Gasteiger partial charge in [-0.3, -0.25) is 13.8 Å². The SMILES string of the molecule is CC/C=C\C/C=C\C/C=C\C/C=C\CCCCCCCCCCCOCC(COP(=O)(O)OCC(O)CO)OC(=O)CC/C=C\C/C=C\C/C=C\C/C=C\CC. The Kier molecular flexibility index (Phi) is 40.0. The number of allylic oxidation sites excluding steroid dienone is 16. The normalized spacial score (nSPS) is 15.0. The van der Waals surface area contributed by atoms with E-state index in [1.165, 1.54) is 38.5 Å². The molecule has 3 unspecified atom stereocenters. The molecule has 0 radical (unpaired) electrons. The van der Waals surface area contributed by atoms with Crippen LogP contribution in [-0.2, 0) is 27.9 Å². The van der Waals surface area contributed by atoms with Crippen molar-refractivity contribution in [2.24, 2.45) is 0 Å². The van der Waals surface area contributed by atoms with Gasteiger partial charge in [0.25, 0.3) is 0 Å². The minimum Gasteiger partial charge on any atom is -0.457 e. The van der Waals surface area contributed by atoms with E-state index in [2.05, 4.69) is 98.9 Å². The summed E-state index contributed by atoms with van der Waals surface area (Å²) < 4.78 is 33.2. The molecule has 0 aliphatic heterocycles. The number of aliphatic hydroxyl groups is 2. The number of esters is 1. The first-order valence-electron chi connectivity index (χ1n) is 21.2. The number of aliphatic hydroxyl groups excluding tert-OH is 2. The Morgan fingerprint density at radius 1 is 0.554 bits per heavy atom. The van der Waals surface area contributed by atoms with Gasteiger partial charge in [-0.2, -0.15) is 0 Å². The molecule has 0 amide bonds. The fraction of sp³-hybridized carbons (Fsp3) is 0.630. The second kappa shape index (κ2) is 42.0. The maximum Gasteiger partial charge on any atom is 0.472 e. The largest absolute Gasteiger partial charge is 0.472 e. The van der Waals surface area contributed by atoms with Gasteiger partial charge in [0.05, 0.1) is 26.4 Å². The van der Waals surface area contributed by atoms with Gasteiger partial charge in [-0.05, 0) is 77.0 Å². The molecule has 0 saturated heterocycles. The molecule has 0 saturated carbocycles. The molecular formula is C46H77O9P. The fourth-order valence-electron chi connectivity index (χ4n) is 5.12. The van der Waals surface area contributed by atoms with Crippen molar-refractivity contribution < 1.29 is 43.0 Å². The Morgan fingerprint density at radius 3 is 1.45 bits per heavy atom. The lowest BCUT2D eigenvalue weighted by Gasteiger charge is -2.20. The van der Waals surface area contributed by atoms with Crippen molar-refractivity contribution in [1.29, 1.82) is 0 Å². The van der Waals surface area contributed by atoms with E-state index in [0.29, 0.717) is 13.0 Å². The molecular weight excluding hydrogens is 727 g/mol. The third-order valence-corrected chi connectivity index (χ3v) is 9.23. The van der Waals surface area contributed by atoms with Crippen LogP contribution in [0.2, 0.25) is 0 Å². The molecule has 0 aromatic rings. The second-order valence-corrected chi connectivity index (χ2v) is 15.0. The fourth-order valence-corrected chi connectivity index (χ4v) is 5.91. The van der Waals surface area contributed by atoms with Gasteiger partial charge in [0.2, 0.25) is 0 Å². The molecule has 9 nitrogen and oxygen atoms in total. The molecule has 0 aliphatic carbocycles. The summed E-state index contributed by atoms with van der Waals surface area (Å²) >= 11 is 0. The van der Waals surface area contributed by atoms with Crippen LogP contribution in [0.15, 0.2) is 97.2 Å². The third kappa shape index (κ3) is 41.0. The molecule has 320 valence electrons. The van der Waals surface area contributed by atoms with Crippen LogP contribution in [0.1, 0.15) is 142 Å². The van der Waals surface area contributed by atoms with Crippen LogP contribution in [-0.4, -0.2) is 66.3 Å². The Labute approximate surface area is 340 Å². The summed E-state index contributed by atoms with van der Waals surface area (Å²) in [5.41, 5.74) is 0. The smallest absolute Gasteiger partial charge is 0.457 e. The molecule has 0 fully saturated rings. The Bertz CT molecular complexity index is 1190. The molecule has 0 spiro atoms. The zero-order valence-corrected chi connectivity index (χ0v) is 35.7. The Hall–Kier alpha value is -2.62. The summed E-state index contributed by atoms with van der Waals surface area (Å²) in [5.74, 6) is -0.469. The van der Waals surface area contributed by atoms with Crippen molar-refractivity contribution in [3.8, 4) is 0 Å². The van der Waals surface area contributed by atoms with Gasteiger partial charge in [-0.25, -0.2) is 4.57 Å². The molecule has 0 aliphatic rings. The number of phosphoric acid groups is 1. The quantitative estimate of drug-likeness (QED) is 0.0240. The van der Waals surface area contributed by atoms with E-state index in [4.69, 9.17) is 23.6 Å². The summed E-state index contributed by atoms with van der Waals surface area (Å²) in [5, 5.41) is 18.3. The van der Waals surface area contributed by atoms with Crippen LogP contribution in [0.5, 0.6) is 0 Å². The molecule has 0 aromatic carbocycles. The topological polar surface area (TPSA) is 132 Å². The van der Waals surface area contributed by atoms with Crippen molar-refractivity contribution in [2.45, 2.75) is 154 Å². The minimum atomic E-state index is -4.54. The molecule has 3 N–H and O–H groups in total. The number of ether oxygens (including phenoxy) is 2. The number of hydrogen-bond acceptors (Lipinski definition) is 8. The summed E-state index contributed by atoms with van der Waals surface area (Å²) in [4.78, 5) is 22.5. The van der Waals surface area contributed by atoms with E-state index < -0.39 is 45.8 Å². The van der Waals surface area contributed by atoms with E-state index in [9.17, 15) is 19.4 Å². The third-order valence-electron chi connectivity index (χ3n) is 8.28. The zero-order valence-electron chi connectivity index (χ0n) is 34.8. The molecule has 0 rings (SSSR count). The van der Waals surface area contributed by atoms with E-state index in [-0.39, 0.29) is 13.0 Å². The van der Waals surface area contributed by atoms with Crippen LogP contribution in [0.3, 0.4) is 0 Å². The lowest BCUT2D eigenvalue weighted by molar-refractivity contribution is -0.154. The van der Waals surface area contributed by atoms with E-state index in [1.807, 2.05) is 12.2 Å². The summed E-state index contributed by atoms with van der Waals surface area (Å²) in [6, 6.07) is 0. The van der Waals surface area contributed by atoms with Gasteiger partial charge in [0.1, 0.15) is 12.2 Å². The highest BCUT2D eigenvalue weighted by Crippen LogP contribution is 2.43. The van der Waals surface area contributed by atoms with Crippen molar-refractivity contribution in [3.63, 3.8) is 0 Å². The van der Waals surface area contributed by atoms with Crippen LogP contribution in [0, 0.1) is 0 Å². The lowest BCUT2D eigenvalue weighted by Crippen LogP contribution is -2.29. The Morgan fingerprint density at radius 2 is 0.964 bits per heavy atom. The maximum atomic E-state index is 12.5. The average Bonchev–Trinajstić information content (AvgIpc) is 3.19. The van der Waals surface area contributed by atoms with Crippen molar-refractivity contribution in [2.75, 3.05) is 33.0 Å². The van der Waals surface area contributed by atoms with Crippen molar-refractivity contribution in [1.82, 2.24) is 0 Å². The van der Waals surface area contributed by atoms with Gasteiger partial charge in [-0.15, -0.1) is 0 Å².